The highest BCUT2D eigenvalue weighted by molar-refractivity contribution is 7.21. The maximum absolute atomic E-state index is 12.2. The lowest BCUT2D eigenvalue weighted by Gasteiger charge is -2.27. The molecule has 1 aliphatic rings. The van der Waals surface area contributed by atoms with E-state index in [-0.39, 0.29) is 5.91 Å². The van der Waals surface area contributed by atoms with Crippen molar-refractivity contribution in [1.82, 2.24) is 25.5 Å². The van der Waals surface area contributed by atoms with E-state index in [2.05, 4.69) is 25.5 Å². The molecule has 0 aliphatic carbocycles. The number of nitrogens with two attached hydrogens (primary N) is 1. The van der Waals surface area contributed by atoms with Crippen LogP contribution >= 0.6 is 11.3 Å². The first-order valence-electron chi connectivity index (χ1n) is 6.96. The lowest BCUT2D eigenvalue weighted by atomic mass is 10.3. The predicted molar refractivity (Wildman–Crippen MR) is 83.5 cm³/mol. The number of piperazine rings is 1. The Balaban J connectivity index is 1.60. The lowest BCUT2D eigenvalue weighted by Crippen LogP contribution is -2.46. The number of carbonyl (C=O) groups excluding carboxylic acids is 1. The number of nitrogens with one attached hydrogen (secondary N) is 2. The van der Waals surface area contributed by atoms with Gasteiger partial charge in [0.05, 0.1) is 5.69 Å². The highest BCUT2D eigenvalue weighted by Crippen LogP contribution is 2.30. The first kappa shape index (κ1) is 14.2. The summed E-state index contributed by atoms with van der Waals surface area (Å²) in [6.07, 6.45) is 3.18. The van der Waals surface area contributed by atoms with Crippen LogP contribution in [0.15, 0.2) is 12.4 Å². The molecule has 1 saturated heterocycles. The van der Waals surface area contributed by atoms with Gasteiger partial charge < -0.3 is 16.4 Å². The zero-order chi connectivity index (χ0) is 14.7. The zero-order valence-corrected chi connectivity index (χ0v) is 12.4. The Morgan fingerprint density at radius 1 is 1.38 bits per heavy atom. The van der Waals surface area contributed by atoms with E-state index in [0.717, 1.165) is 32.7 Å². The van der Waals surface area contributed by atoms with Crippen LogP contribution in [-0.2, 0) is 0 Å². The van der Waals surface area contributed by atoms with Crippen LogP contribution < -0.4 is 16.4 Å². The summed E-state index contributed by atoms with van der Waals surface area (Å²) >= 11 is 1.28. The van der Waals surface area contributed by atoms with Crippen molar-refractivity contribution < 1.29 is 4.79 Å². The van der Waals surface area contributed by atoms with Gasteiger partial charge in [-0.3, -0.25) is 9.69 Å². The summed E-state index contributed by atoms with van der Waals surface area (Å²) in [5.41, 5.74) is 7.01. The summed E-state index contributed by atoms with van der Waals surface area (Å²) in [7, 11) is 0. The molecule has 3 heterocycles. The Hall–Kier alpha value is -1.77. The van der Waals surface area contributed by atoms with Gasteiger partial charge in [0, 0.05) is 51.7 Å². The van der Waals surface area contributed by atoms with E-state index in [9.17, 15) is 4.79 Å². The van der Waals surface area contributed by atoms with Crippen LogP contribution in [0.2, 0.25) is 0 Å². The summed E-state index contributed by atoms with van der Waals surface area (Å²) in [4.78, 5) is 24.1. The van der Waals surface area contributed by atoms with E-state index in [1.54, 1.807) is 12.4 Å². The summed E-state index contributed by atoms with van der Waals surface area (Å²) in [5, 5.41) is 6.23. The number of thiophene rings is 1. The van der Waals surface area contributed by atoms with Crippen LogP contribution in [0.5, 0.6) is 0 Å². The molecule has 112 valence electrons. The van der Waals surface area contributed by atoms with Gasteiger partial charge in [-0.2, -0.15) is 0 Å². The third kappa shape index (κ3) is 3.12. The van der Waals surface area contributed by atoms with Gasteiger partial charge in [0.1, 0.15) is 15.2 Å². The number of nitrogens with zero attached hydrogens (tertiary/aromatic N) is 3. The second kappa shape index (κ2) is 6.33. The topological polar surface area (TPSA) is 96.2 Å². The average Bonchev–Trinajstić information content (AvgIpc) is 2.86. The Morgan fingerprint density at radius 2 is 2.14 bits per heavy atom. The third-order valence-electron chi connectivity index (χ3n) is 3.49. The van der Waals surface area contributed by atoms with Crippen molar-refractivity contribution in [3.8, 4) is 0 Å². The molecule has 1 amide bonds. The fourth-order valence-corrected chi connectivity index (χ4v) is 3.29. The van der Waals surface area contributed by atoms with Crippen molar-refractivity contribution in [3.05, 3.63) is 17.3 Å². The van der Waals surface area contributed by atoms with E-state index in [0.29, 0.717) is 27.5 Å². The molecule has 21 heavy (non-hydrogen) atoms. The van der Waals surface area contributed by atoms with E-state index >= 15 is 0 Å². The molecule has 8 heteroatoms. The summed E-state index contributed by atoms with van der Waals surface area (Å²) in [6, 6.07) is 0. The van der Waals surface area contributed by atoms with Gasteiger partial charge in [0.25, 0.3) is 5.91 Å². The number of aromatic nitrogens is 2. The van der Waals surface area contributed by atoms with Gasteiger partial charge in [0.2, 0.25) is 0 Å². The van der Waals surface area contributed by atoms with E-state index < -0.39 is 0 Å². The zero-order valence-electron chi connectivity index (χ0n) is 11.6. The van der Waals surface area contributed by atoms with Crippen LogP contribution in [0.3, 0.4) is 0 Å². The molecule has 4 N–H and O–H groups in total. The largest absolute Gasteiger partial charge is 0.396 e. The van der Waals surface area contributed by atoms with Crippen LogP contribution in [0.25, 0.3) is 10.3 Å². The molecule has 0 aromatic carbocycles. The maximum atomic E-state index is 12.2. The monoisotopic (exact) mass is 306 g/mol. The van der Waals surface area contributed by atoms with E-state index in [1.165, 1.54) is 11.3 Å². The molecule has 0 radical (unpaired) electrons. The Labute approximate surface area is 126 Å². The highest BCUT2D eigenvalue weighted by Gasteiger charge is 2.18. The van der Waals surface area contributed by atoms with Crippen molar-refractivity contribution >= 4 is 33.3 Å². The normalized spacial score (nSPS) is 16.2. The van der Waals surface area contributed by atoms with Gasteiger partial charge in [-0.25, -0.2) is 9.97 Å². The Kier molecular flexibility index (Phi) is 4.28. The smallest absolute Gasteiger partial charge is 0.263 e. The van der Waals surface area contributed by atoms with Crippen molar-refractivity contribution in [1.29, 1.82) is 0 Å². The van der Waals surface area contributed by atoms with E-state index in [4.69, 9.17) is 5.73 Å². The molecule has 0 spiro atoms. The van der Waals surface area contributed by atoms with Crippen molar-refractivity contribution in [2.75, 3.05) is 45.0 Å². The number of hydrogen-bond acceptors (Lipinski definition) is 7. The molecule has 0 atom stereocenters. The second-order valence-electron chi connectivity index (χ2n) is 4.90. The number of hydrogen-bond donors (Lipinski definition) is 3. The SMILES string of the molecule is Nc1c(C(=O)NCCN2CCNCC2)sc2nccnc12. The van der Waals surface area contributed by atoms with Gasteiger partial charge in [-0.15, -0.1) is 11.3 Å². The number of anilines is 1. The van der Waals surface area contributed by atoms with Crippen molar-refractivity contribution in [3.63, 3.8) is 0 Å². The molecule has 1 aliphatic heterocycles. The molecule has 0 saturated carbocycles. The summed E-state index contributed by atoms with van der Waals surface area (Å²) in [5.74, 6) is -0.146. The minimum absolute atomic E-state index is 0.146. The highest BCUT2D eigenvalue weighted by atomic mass is 32.1. The summed E-state index contributed by atoms with van der Waals surface area (Å²) < 4.78 is 0. The number of nitrogen functional groups attached to an aromatic ring is 1. The Bertz CT molecular complexity index is 637. The number of fused-ring (bicyclic) bond motifs is 1. The standard InChI is InChI=1S/C13H18N6OS/c14-9-10-13(18-2-1-16-10)21-11(9)12(20)17-5-8-19-6-3-15-4-7-19/h1-2,15H,3-8,14H2,(H,17,20). The van der Waals surface area contributed by atoms with Crippen LogP contribution in [0, 0.1) is 0 Å². The summed E-state index contributed by atoms with van der Waals surface area (Å²) in [6.45, 7) is 5.54. The fraction of sp³-hybridized carbons (Fsp3) is 0.462. The molecule has 2 aromatic heterocycles. The quantitative estimate of drug-likeness (QED) is 0.730. The van der Waals surface area contributed by atoms with Gasteiger partial charge >= 0.3 is 0 Å². The van der Waals surface area contributed by atoms with Gasteiger partial charge in [0.15, 0.2) is 0 Å². The van der Waals surface area contributed by atoms with Crippen LogP contribution in [0.4, 0.5) is 5.69 Å². The number of rotatable bonds is 4. The molecular weight excluding hydrogens is 288 g/mol. The maximum Gasteiger partial charge on any atom is 0.263 e. The van der Waals surface area contributed by atoms with Crippen molar-refractivity contribution in [2.24, 2.45) is 0 Å². The Morgan fingerprint density at radius 3 is 2.90 bits per heavy atom. The molecule has 1 fully saturated rings. The number of carbonyl (C=O) groups is 1. The first-order chi connectivity index (χ1) is 10.3. The molecule has 3 rings (SSSR count). The van der Waals surface area contributed by atoms with E-state index in [1.807, 2.05) is 0 Å². The third-order valence-corrected chi connectivity index (χ3v) is 4.59. The fourth-order valence-electron chi connectivity index (χ4n) is 2.36. The minimum Gasteiger partial charge on any atom is -0.396 e. The second-order valence-corrected chi connectivity index (χ2v) is 5.90. The molecule has 0 bridgehead atoms. The lowest BCUT2D eigenvalue weighted by molar-refractivity contribution is 0.0952. The molecule has 2 aromatic rings. The van der Waals surface area contributed by atoms with Crippen LogP contribution in [-0.4, -0.2) is 60.0 Å². The average molecular weight is 306 g/mol. The minimum atomic E-state index is -0.146. The molecule has 0 unspecified atom stereocenters. The molecule has 7 nitrogen and oxygen atoms in total. The first-order valence-corrected chi connectivity index (χ1v) is 7.77. The van der Waals surface area contributed by atoms with Crippen molar-refractivity contribution in [2.45, 2.75) is 0 Å². The predicted octanol–water partition coefficient (Wildman–Crippen LogP) is -0.0915. The number of amides is 1. The molecular formula is C13H18N6OS. The van der Waals surface area contributed by atoms with Gasteiger partial charge in [-0.05, 0) is 0 Å². The van der Waals surface area contributed by atoms with Gasteiger partial charge in [-0.1, -0.05) is 0 Å². The van der Waals surface area contributed by atoms with Crippen LogP contribution in [0.1, 0.15) is 9.67 Å².